The molecule has 0 saturated carbocycles. The second-order valence-corrected chi connectivity index (χ2v) is 5.97. The van der Waals surface area contributed by atoms with Gasteiger partial charge in [-0.2, -0.15) is 0 Å². The molecule has 0 radical (unpaired) electrons. The van der Waals surface area contributed by atoms with Crippen molar-refractivity contribution in [2.75, 3.05) is 26.2 Å². The molecule has 0 spiro atoms. The highest BCUT2D eigenvalue weighted by atomic mass is 35.5. The number of carbonyl (C=O) groups is 1. The summed E-state index contributed by atoms with van der Waals surface area (Å²) >= 11 is 5.78. The minimum atomic E-state index is -0.618. The summed E-state index contributed by atoms with van der Waals surface area (Å²) in [4.78, 5) is 14.3. The Hall–Kier alpha value is -1.13. The normalized spacial score (nSPS) is 18.5. The smallest absolute Gasteiger partial charge is 0.256 e. The Bertz CT molecular complexity index is 489. The lowest BCUT2D eigenvalue weighted by molar-refractivity contribution is 0.0714. The van der Waals surface area contributed by atoms with Crippen molar-refractivity contribution in [1.82, 2.24) is 10.2 Å². The van der Waals surface area contributed by atoms with E-state index in [0.29, 0.717) is 19.0 Å². The number of carbonyl (C=O) groups excluding carboxylic acids is 1. The minimum absolute atomic E-state index is 0.00312. The van der Waals surface area contributed by atoms with Crippen molar-refractivity contribution in [3.63, 3.8) is 0 Å². The molecule has 0 aliphatic carbocycles. The number of amides is 1. The lowest BCUT2D eigenvalue weighted by Gasteiger charge is -2.30. The highest BCUT2D eigenvalue weighted by Gasteiger charge is 2.23. The summed E-state index contributed by atoms with van der Waals surface area (Å²) in [5, 5.41) is 3.35. The summed E-state index contributed by atoms with van der Waals surface area (Å²) in [5.41, 5.74) is 0.0692. The van der Waals surface area contributed by atoms with Crippen molar-refractivity contribution in [2.45, 2.75) is 26.2 Å². The number of hydrogen-bond acceptors (Lipinski definition) is 2. The SMILES string of the molecule is CCCN(CC1CCCNC1)C(=O)c1cccc(Cl)c1F. The summed E-state index contributed by atoms with van der Waals surface area (Å²) in [7, 11) is 0. The Kier molecular flexibility index (Phi) is 6.00. The number of rotatable bonds is 5. The molecule has 21 heavy (non-hydrogen) atoms. The topological polar surface area (TPSA) is 32.3 Å². The van der Waals surface area contributed by atoms with E-state index < -0.39 is 5.82 Å². The van der Waals surface area contributed by atoms with Crippen LogP contribution in [0.3, 0.4) is 0 Å². The number of halogens is 2. The van der Waals surface area contributed by atoms with Gasteiger partial charge in [-0.05, 0) is 50.4 Å². The maximum absolute atomic E-state index is 14.0. The molecule has 0 aromatic heterocycles. The maximum Gasteiger partial charge on any atom is 0.256 e. The van der Waals surface area contributed by atoms with E-state index in [1.54, 1.807) is 11.0 Å². The third kappa shape index (κ3) is 4.17. The van der Waals surface area contributed by atoms with Gasteiger partial charge in [-0.15, -0.1) is 0 Å². The second kappa shape index (κ2) is 7.76. The number of nitrogens with one attached hydrogen (secondary N) is 1. The van der Waals surface area contributed by atoms with Crippen molar-refractivity contribution in [3.8, 4) is 0 Å². The molecule has 0 bridgehead atoms. The van der Waals surface area contributed by atoms with Crippen LogP contribution >= 0.6 is 11.6 Å². The van der Waals surface area contributed by atoms with Crippen LogP contribution in [0.4, 0.5) is 4.39 Å². The third-order valence-electron chi connectivity index (χ3n) is 3.84. The van der Waals surface area contributed by atoms with Crippen LogP contribution in [0.2, 0.25) is 5.02 Å². The van der Waals surface area contributed by atoms with Gasteiger partial charge < -0.3 is 10.2 Å². The first kappa shape index (κ1) is 16.2. The molecular weight excluding hydrogens is 291 g/mol. The molecule has 1 N–H and O–H groups in total. The highest BCUT2D eigenvalue weighted by Crippen LogP contribution is 2.21. The molecule has 2 rings (SSSR count). The lowest BCUT2D eigenvalue weighted by atomic mass is 9.98. The molecule has 1 heterocycles. The van der Waals surface area contributed by atoms with Crippen LogP contribution in [-0.4, -0.2) is 37.0 Å². The van der Waals surface area contributed by atoms with E-state index in [-0.39, 0.29) is 16.5 Å². The van der Waals surface area contributed by atoms with E-state index in [1.807, 2.05) is 6.92 Å². The Morgan fingerprint density at radius 1 is 1.52 bits per heavy atom. The second-order valence-electron chi connectivity index (χ2n) is 5.56. The van der Waals surface area contributed by atoms with E-state index in [2.05, 4.69) is 5.32 Å². The first-order valence-electron chi connectivity index (χ1n) is 7.57. The Morgan fingerprint density at radius 3 is 3.00 bits per heavy atom. The van der Waals surface area contributed by atoms with Gasteiger partial charge in [0.15, 0.2) is 5.82 Å². The van der Waals surface area contributed by atoms with Gasteiger partial charge in [-0.3, -0.25) is 4.79 Å². The number of benzene rings is 1. The highest BCUT2D eigenvalue weighted by molar-refractivity contribution is 6.31. The van der Waals surface area contributed by atoms with E-state index in [0.717, 1.165) is 32.4 Å². The fourth-order valence-electron chi connectivity index (χ4n) is 2.78. The molecule has 1 aromatic rings. The quantitative estimate of drug-likeness (QED) is 0.904. The van der Waals surface area contributed by atoms with Gasteiger partial charge in [-0.25, -0.2) is 4.39 Å². The van der Waals surface area contributed by atoms with Crippen LogP contribution < -0.4 is 5.32 Å². The zero-order valence-corrected chi connectivity index (χ0v) is 13.1. The zero-order chi connectivity index (χ0) is 15.2. The van der Waals surface area contributed by atoms with Gasteiger partial charge in [0.2, 0.25) is 0 Å². The average Bonchev–Trinajstić information content (AvgIpc) is 2.50. The molecule has 1 unspecified atom stereocenters. The molecule has 1 atom stereocenters. The molecule has 5 heteroatoms. The number of hydrogen-bond donors (Lipinski definition) is 1. The van der Waals surface area contributed by atoms with Crippen LogP contribution in [-0.2, 0) is 0 Å². The van der Waals surface area contributed by atoms with Gasteiger partial charge in [0.25, 0.3) is 5.91 Å². The molecule has 1 fully saturated rings. The van der Waals surface area contributed by atoms with E-state index in [1.165, 1.54) is 12.1 Å². The fraction of sp³-hybridized carbons (Fsp3) is 0.562. The number of piperidine rings is 1. The summed E-state index contributed by atoms with van der Waals surface area (Å²) in [5.74, 6) is -0.439. The van der Waals surface area contributed by atoms with Crippen LogP contribution in [0.15, 0.2) is 18.2 Å². The van der Waals surface area contributed by atoms with E-state index >= 15 is 0 Å². The standard InChI is InChI=1S/C16H22ClFN2O/c1-2-9-20(11-12-5-4-8-19-10-12)16(21)13-6-3-7-14(17)15(13)18/h3,6-7,12,19H,2,4-5,8-11H2,1H3. The first-order valence-corrected chi connectivity index (χ1v) is 7.95. The van der Waals surface area contributed by atoms with Gasteiger partial charge in [0.1, 0.15) is 0 Å². The molecule has 1 aliphatic heterocycles. The molecule has 1 amide bonds. The van der Waals surface area contributed by atoms with Crippen LogP contribution in [0.1, 0.15) is 36.5 Å². The van der Waals surface area contributed by atoms with Crippen LogP contribution in [0, 0.1) is 11.7 Å². The molecule has 1 saturated heterocycles. The van der Waals surface area contributed by atoms with Crippen LogP contribution in [0.5, 0.6) is 0 Å². The van der Waals surface area contributed by atoms with E-state index in [4.69, 9.17) is 11.6 Å². The van der Waals surface area contributed by atoms with Crippen LogP contribution in [0.25, 0.3) is 0 Å². The predicted octanol–water partition coefficient (Wildman–Crippen LogP) is 3.33. The molecule has 3 nitrogen and oxygen atoms in total. The largest absolute Gasteiger partial charge is 0.338 e. The average molecular weight is 313 g/mol. The van der Waals surface area contributed by atoms with E-state index in [9.17, 15) is 9.18 Å². The first-order chi connectivity index (χ1) is 10.1. The third-order valence-corrected chi connectivity index (χ3v) is 4.13. The van der Waals surface area contributed by atoms with Crippen molar-refractivity contribution < 1.29 is 9.18 Å². The summed E-state index contributed by atoms with van der Waals surface area (Å²) in [6.07, 6.45) is 3.09. The van der Waals surface area contributed by atoms with Gasteiger partial charge in [0.05, 0.1) is 10.6 Å². The Balaban J connectivity index is 2.12. The van der Waals surface area contributed by atoms with Crippen molar-refractivity contribution in [1.29, 1.82) is 0 Å². The summed E-state index contributed by atoms with van der Waals surface area (Å²) in [6.45, 7) is 5.30. The predicted molar refractivity (Wildman–Crippen MR) is 83.2 cm³/mol. The molecule has 1 aromatic carbocycles. The van der Waals surface area contributed by atoms with Crippen molar-refractivity contribution >= 4 is 17.5 Å². The molecule has 116 valence electrons. The van der Waals surface area contributed by atoms with Crippen molar-refractivity contribution in [2.24, 2.45) is 5.92 Å². The Labute approximate surface area is 130 Å². The lowest BCUT2D eigenvalue weighted by Crippen LogP contribution is -2.41. The Morgan fingerprint density at radius 2 is 2.33 bits per heavy atom. The fourth-order valence-corrected chi connectivity index (χ4v) is 2.95. The molecule has 1 aliphatic rings. The van der Waals surface area contributed by atoms with Crippen molar-refractivity contribution in [3.05, 3.63) is 34.6 Å². The molecular formula is C16H22ClFN2O. The maximum atomic E-state index is 14.0. The minimum Gasteiger partial charge on any atom is -0.338 e. The van der Waals surface area contributed by atoms with Gasteiger partial charge >= 0.3 is 0 Å². The van der Waals surface area contributed by atoms with Gasteiger partial charge in [-0.1, -0.05) is 24.6 Å². The summed E-state index contributed by atoms with van der Waals surface area (Å²) in [6, 6.07) is 4.58. The zero-order valence-electron chi connectivity index (χ0n) is 12.4. The number of nitrogens with zero attached hydrogens (tertiary/aromatic N) is 1. The van der Waals surface area contributed by atoms with Gasteiger partial charge in [0, 0.05) is 13.1 Å². The monoisotopic (exact) mass is 312 g/mol. The summed E-state index contributed by atoms with van der Waals surface area (Å²) < 4.78 is 14.0.